The van der Waals surface area contributed by atoms with Crippen LogP contribution in [-0.4, -0.2) is 26.7 Å². The fraction of sp³-hybridized carbons (Fsp3) is 0.625. The maximum Gasteiger partial charge on any atom is 0.0363 e. The first kappa shape index (κ1) is 13.4. The highest BCUT2D eigenvalue weighted by atomic mass is 15.1. The van der Waals surface area contributed by atoms with E-state index < -0.39 is 0 Å². The van der Waals surface area contributed by atoms with Gasteiger partial charge in [-0.25, -0.2) is 0 Å². The van der Waals surface area contributed by atoms with Crippen molar-refractivity contribution in [3.8, 4) is 0 Å². The molecule has 0 heterocycles. The number of benzene rings is 1. The number of anilines is 1. The quantitative estimate of drug-likeness (QED) is 0.859. The van der Waals surface area contributed by atoms with Crippen LogP contribution in [0.25, 0.3) is 0 Å². The number of nitrogens with zero attached hydrogens (tertiary/aromatic N) is 1. The number of aryl methyl sites for hydroxylation is 1. The van der Waals surface area contributed by atoms with E-state index in [4.69, 9.17) is 0 Å². The third kappa shape index (κ3) is 3.05. The molecule has 0 radical (unpaired) electrons. The normalized spacial score (nSPS) is 23.3. The Labute approximate surface area is 111 Å². The molecule has 2 rings (SSSR count). The van der Waals surface area contributed by atoms with E-state index >= 15 is 0 Å². The third-order valence-corrected chi connectivity index (χ3v) is 4.32. The first-order chi connectivity index (χ1) is 8.74. The van der Waals surface area contributed by atoms with E-state index in [1.54, 1.807) is 0 Å². The first-order valence-corrected chi connectivity index (χ1v) is 7.22. The van der Waals surface area contributed by atoms with E-state index in [1.165, 1.54) is 30.5 Å². The van der Waals surface area contributed by atoms with Gasteiger partial charge in [-0.1, -0.05) is 25.5 Å². The van der Waals surface area contributed by atoms with Crippen molar-refractivity contribution in [2.75, 3.05) is 25.5 Å². The second-order valence-electron chi connectivity index (χ2n) is 5.49. The van der Waals surface area contributed by atoms with Gasteiger partial charge >= 0.3 is 0 Å². The molecule has 1 N–H and O–H groups in total. The third-order valence-electron chi connectivity index (χ3n) is 4.32. The van der Waals surface area contributed by atoms with Crippen molar-refractivity contribution in [1.29, 1.82) is 0 Å². The summed E-state index contributed by atoms with van der Waals surface area (Å²) >= 11 is 0. The van der Waals surface area contributed by atoms with Gasteiger partial charge in [0.15, 0.2) is 0 Å². The van der Waals surface area contributed by atoms with Gasteiger partial charge in [-0.3, -0.25) is 0 Å². The highest BCUT2D eigenvalue weighted by Crippen LogP contribution is 2.27. The molecule has 1 saturated carbocycles. The molecule has 2 atom stereocenters. The molecular formula is C16H26N2. The van der Waals surface area contributed by atoms with Gasteiger partial charge in [0.25, 0.3) is 0 Å². The van der Waals surface area contributed by atoms with Gasteiger partial charge in [0.05, 0.1) is 0 Å². The van der Waals surface area contributed by atoms with Crippen molar-refractivity contribution < 1.29 is 0 Å². The van der Waals surface area contributed by atoms with Gasteiger partial charge in [0.1, 0.15) is 0 Å². The van der Waals surface area contributed by atoms with Crippen LogP contribution in [0.5, 0.6) is 0 Å². The second-order valence-corrected chi connectivity index (χ2v) is 5.49. The number of rotatable bonds is 5. The molecule has 2 unspecified atom stereocenters. The van der Waals surface area contributed by atoms with Crippen molar-refractivity contribution in [2.24, 2.45) is 5.92 Å². The van der Waals surface area contributed by atoms with Crippen LogP contribution in [0.3, 0.4) is 0 Å². The number of nitrogens with one attached hydrogen (secondary N) is 1. The van der Waals surface area contributed by atoms with Crippen LogP contribution in [0, 0.1) is 5.92 Å². The maximum absolute atomic E-state index is 3.46. The van der Waals surface area contributed by atoms with Crippen LogP contribution >= 0.6 is 0 Å². The van der Waals surface area contributed by atoms with Crippen LogP contribution in [-0.2, 0) is 6.42 Å². The molecule has 1 aromatic rings. The minimum Gasteiger partial charge on any atom is -0.374 e. The summed E-state index contributed by atoms with van der Waals surface area (Å²) in [6.07, 6.45) is 5.19. The zero-order valence-corrected chi connectivity index (χ0v) is 11.9. The topological polar surface area (TPSA) is 15.3 Å². The van der Waals surface area contributed by atoms with Gasteiger partial charge in [0, 0.05) is 25.3 Å². The summed E-state index contributed by atoms with van der Waals surface area (Å²) in [5.74, 6) is 0.797. The molecule has 2 nitrogen and oxygen atoms in total. The summed E-state index contributed by atoms with van der Waals surface area (Å²) in [4.78, 5) is 2.40. The van der Waals surface area contributed by atoms with Gasteiger partial charge in [-0.2, -0.15) is 0 Å². The zero-order valence-electron chi connectivity index (χ0n) is 11.9. The molecule has 0 saturated heterocycles. The van der Waals surface area contributed by atoms with Gasteiger partial charge < -0.3 is 10.2 Å². The largest absolute Gasteiger partial charge is 0.374 e. The maximum atomic E-state index is 3.46. The lowest BCUT2D eigenvalue weighted by Crippen LogP contribution is -2.36. The van der Waals surface area contributed by atoms with Crippen LogP contribution < -0.4 is 10.2 Å². The Morgan fingerprint density at radius 2 is 1.94 bits per heavy atom. The number of hydrogen-bond acceptors (Lipinski definition) is 2. The Kier molecular flexibility index (Phi) is 4.65. The second kappa shape index (κ2) is 6.24. The predicted octanol–water partition coefficient (Wildman–Crippen LogP) is 3.07. The molecule has 2 heteroatoms. The summed E-state index contributed by atoms with van der Waals surface area (Å²) in [7, 11) is 4.31. The summed E-state index contributed by atoms with van der Waals surface area (Å²) < 4.78 is 0. The van der Waals surface area contributed by atoms with E-state index in [0.29, 0.717) is 6.04 Å². The Balaban J connectivity index is 1.95. The summed E-state index contributed by atoms with van der Waals surface area (Å²) in [5, 5.41) is 3.46. The van der Waals surface area contributed by atoms with Crippen LogP contribution in [0.4, 0.5) is 5.69 Å². The summed E-state index contributed by atoms with van der Waals surface area (Å²) in [6, 6.07) is 9.71. The Morgan fingerprint density at radius 3 is 2.56 bits per heavy atom. The van der Waals surface area contributed by atoms with Crippen molar-refractivity contribution in [1.82, 2.24) is 5.32 Å². The Morgan fingerprint density at radius 1 is 1.22 bits per heavy atom. The van der Waals surface area contributed by atoms with Crippen LogP contribution in [0.15, 0.2) is 24.3 Å². The van der Waals surface area contributed by atoms with E-state index in [0.717, 1.165) is 18.9 Å². The standard InChI is InChI=1S/C16H26N2/c1-4-13-8-10-15(11-9-13)18(3)12-14-6-5-7-16(14)17-2/h8-11,14,16-17H,4-7,12H2,1-3H3. The molecule has 1 aliphatic carbocycles. The molecule has 0 aromatic heterocycles. The van der Waals surface area contributed by atoms with E-state index in [2.05, 4.69) is 55.5 Å². The lowest BCUT2D eigenvalue weighted by Gasteiger charge is -2.27. The molecule has 1 aromatic carbocycles. The molecule has 0 spiro atoms. The minimum absolute atomic E-state index is 0.711. The highest BCUT2D eigenvalue weighted by molar-refractivity contribution is 5.47. The molecule has 0 amide bonds. The summed E-state index contributed by atoms with van der Waals surface area (Å²) in [5.41, 5.74) is 2.76. The first-order valence-electron chi connectivity index (χ1n) is 7.22. The average Bonchev–Trinajstić information content (AvgIpc) is 2.86. The fourth-order valence-corrected chi connectivity index (χ4v) is 3.08. The molecule has 1 fully saturated rings. The monoisotopic (exact) mass is 246 g/mol. The smallest absolute Gasteiger partial charge is 0.0363 e. The predicted molar refractivity (Wildman–Crippen MR) is 79.3 cm³/mol. The van der Waals surface area contributed by atoms with Crippen molar-refractivity contribution in [2.45, 2.75) is 38.6 Å². The van der Waals surface area contributed by atoms with Crippen molar-refractivity contribution >= 4 is 5.69 Å². The molecular weight excluding hydrogens is 220 g/mol. The van der Waals surface area contributed by atoms with Gasteiger partial charge in [-0.05, 0) is 49.9 Å². The molecule has 1 aliphatic rings. The SMILES string of the molecule is CCc1ccc(N(C)CC2CCCC2NC)cc1. The van der Waals surface area contributed by atoms with E-state index in [-0.39, 0.29) is 0 Å². The lowest BCUT2D eigenvalue weighted by atomic mass is 10.0. The molecule has 0 bridgehead atoms. The minimum atomic E-state index is 0.711. The highest BCUT2D eigenvalue weighted by Gasteiger charge is 2.26. The molecule has 18 heavy (non-hydrogen) atoms. The van der Waals surface area contributed by atoms with Crippen molar-refractivity contribution in [3.05, 3.63) is 29.8 Å². The fourth-order valence-electron chi connectivity index (χ4n) is 3.08. The average molecular weight is 246 g/mol. The molecule has 0 aliphatic heterocycles. The lowest BCUT2D eigenvalue weighted by molar-refractivity contribution is 0.428. The summed E-state index contributed by atoms with van der Waals surface area (Å²) in [6.45, 7) is 3.37. The van der Waals surface area contributed by atoms with Gasteiger partial charge in [-0.15, -0.1) is 0 Å². The van der Waals surface area contributed by atoms with E-state index in [9.17, 15) is 0 Å². The Hall–Kier alpha value is -1.02. The van der Waals surface area contributed by atoms with Crippen LogP contribution in [0.1, 0.15) is 31.7 Å². The van der Waals surface area contributed by atoms with E-state index in [1.807, 2.05) is 0 Å². The zero-order chi connectivity index (χ0) is 13.0. The van der Waals surface area contributed by atoms with Gasteiger partial charge in [0.2, 0.25) is 0 Å². The van der Waals surface area contributed by atoms with Crippen molar-refractivity contribution in [3.63, 3.8) is 0 Å². The molecule has 100 valence electrons. The van der Waals surface area contributed by atoms with Crippen LogP contribution in [0.2, 0.25) is 0 Å². The Bertz CT molecular complexity index is 358. The number of hydrogen-bond donors (Lipinski definition) is 1.